The van der Waals surface area contributed by atoms with Crippen LogP contribution in [0.1, 0.15) is 44.5 Å². The molecule has 0 saturated carbocycles. The van der Waals surface area contributed by atoms with Gasteiger partial charge in [0.15, 0.2) is 5.69 Å². The molecule has 0 atom stereocenters. The van der Waals surface area contributed by atoms with E-state index in [4.69, 9.17) is 9.47 Å². The lowest BCUT2D eigenvalue weighted by Gasteiger charge is -2.26. The number of carboxylic acids is 1. The number of hydrogen-bond acceptors (Lipinski definition) is 5. The number of ether oxygens (including phenoxy) is 2. The van der Waals surface area contributed by atoms with Crippen molar-refractivity contribution in [1.82, 2.24) is 9.78 Å². The third-order valence-electron chi connectivity index (χ3n) is 6.58. The maximum absolute atomic E-state index is 14.8. The van der Waals surface area contributed by atoms with Gasteiger partial charge < -0.3 is 19.5 Å². The van der Waals surface area contributed by atoms with Gasteiger partial charge in [-0.1, -0.05) is 30.3 Å². The quantitative estimate of drug-likeness (QED) is 0.356. The van der Waals surface area contributed by atoms with E-state index < -0.39 is 17.7 Å². The lowest BCUT2D eigenvalue weighted by molar-refractivity contribution is 0.0692. The Bertz CT molecular complexity index is 1560. The zero-order valence-electron chi connectivity index (χ0n) is 21.2. The topological polar surface area (TPSA) is 93.9 Å². The van der Waals surface area contributed by atoms with E-state index in [9.17, 15) is 19.1 Å². The van der Waals surface area contributed by atoms with Gasteiger partial charge in [-0.25, -0.2) is 9.18 Å². The van der Waals surface area contributed by atoms with Crippen molar-refractivity contribution in [3.05, 3.63) is 94.4 Å². The number of aromatic carboxylic acids is 1. The fraction of sp³-hybridized carbons (Fsp3) is 0.207. The third kappa shape index (κ3) is 4.26. The van der Waals surface area contributed by atoms with Crippen LogP contribution < -0.4 is 14.4 Å². The zero-order chi connectivity index (χ0) is 27.0. The molecule has 0 unspecified atom stereocenters. The van der Waals surface area contributed by atoms with Crippen LogP contribution in [0.25, 0.3) is 11.3 Å². The average molecular weight is 516 g/mol. The summed E-state index contributed by atoms with van der Waals surface area (Å²) < 4.78 is 28.0. The standard InChI is InChI=1S/C29H26FN3O5/c1-4-37-27-17(2)23(14-13-20(27)29(35)36)33(15-18-9-5-7-11-22(18)30)28(34)25-21-16-38-24-12-8-6-10-19(24)26(21)32(3)31-25/h5-14H,4,15-16H2,1-3H3,(H,35,36). The summed E-state index contributed by atoms with van der Waals surface area (Å²) in [6.45, 7) is 3.71. The van der Waals surface area contributed by atoms with Crippen molar-refractivity contribution in [3.8, 4) is 22.8 Å². The maximum Gasteiger partial charge on any atom is 0.339 e. The van der Waals surface area contributed by atoms with Gasteiger partial charge in [-0.3, -0.25) is 9.48 Å². The van der Waals surface area contributed by atoms with E-state index in [2.05, 4.69) is 5.10 Å². The smallest absolute Gasteiger partial charge is 0.339 e. The number of carbonyl (C=O) groups excluding carboxylic acids is 1. The van der Waals surface area contributed by atoms with E-state index in [-0.39, 0.29) is 36.8 Å². The predicted molar refractivity (Wildman–Crippen MR) is 139 cm³/mol. The van der Waals surface area contributed by atoms with Crippen LogP contribution in [0.4, 0.5) is 10.1 Å². The molecule has 38 heavy (non-hydrogen) atoms. The van der Waals surface area contributed by atoms with Crippen molar-refractivity contribution in [2.24, 2.45) is 7.05 Å². The molecule has 5 rings (SSSR count). The van der Waals surface area contributed by atoms with E-state index in [1.807, 2.05) is 24.3 Å². The van der Waals surface area contributed by atoms with Crippen LogP contribution >= 0.6 is 0 Å². The highest BCUT2D eigenvalue weighted by Gasteiger charge is 2.33. The Hall–Kier alpha value is -4.66. The minimum atomic E-state index is -1.15. The monoisotopic (exact) mass is 515 g/mol. The number of aryl methyl sites for hydroxylation is 1. The molecule has 0 bridgehead atoms. The Labute approximate surface area is 218 Å². The molecule has 3 aromatic carbocycles. The Morgan fingerprint density at radius 1 is 1.13 bits per heavy atom. The van der Waals surface area contributed by atoms with Crippen molar-refractivity contribution >= 4 is 17.6 Å². The highest BCUT2D eigenvalue weighted by atomic mass is 19.1. The van der Waals surface area contributed by atoms with E-state index in [1.54, 1.807) is 49.8 Å². The van der Waals surface area contributed by atoms with E-state index in [1.165, 1.54) is 17.0 Å². The van der Waals surface area contributed by atoms with Crippen LogP contribution in [0.5, 0.6) is 11.5 Å². The van der Waals surface area contributed by atoms with Crippen LogP contribution in [0, 0.1) is 12.7 Å². The Morgan fingerprint density at radius 2 is 1.87 bits per heavy atom. The number of benzene rings is 3. The number of rotatable bonds is 7. The van der Waals surface area contributed by atoms with Crippen molar-refractivity contribution < 1.29 is 28.6 Å². The second-order valence-electron chi connectivity index (χ2n) is 8.89. The number of nitrogens with zero attached hydrogens (tertiary/aromatic N) is 3. The number of carboxylic acid groups (broad SMARTS) is 1. The largest absolute Gasteiger partial charge is 0.493 e. The number of fused-ring (bicyclic) bond motifs is 3. The molecule has 4 aromatic rings. The van der Waals surface area contributed by atoms with Gasteiger partial charge in [0.2, 0.25) is 0 Å². The summed E-state index contributed by atoms with van der Waals surface area (Å²) in [7, 11) is 1.76. The minimum Gasteiger partial charge on any atom is -0.493 e. The number of hydrogen-bond donors (Lipinski definition) is 1. The highest BCUT2D eigenvalue weighted by molar-refractivity contribution is 6.08. The maximum atomic E-state index is 14.8. The van der Waals surface area contributed by atoms with Gasteiger partial charge in [0.25, 0.3) is 5.91 Å². The van der Waals surface area contributed by atoms with Crippen molar-refractivity contribution in [2.45, 2.75) is 27.0 Å². The number of carbonyl (C=O) groups is 2. The second kappa shape index (κ2) is 10.0. The Kier molecular flexibility index (Phi) is 6.59. The predicted octanol–water partition coefficient (Wildman–Crippen LogP) is 5.37. The summed E-state index contributed by atoms with van der Waals surface area (Å²) in [5, 5.41) is 14.2. The molecule has 2 heterocycles. The van der Waals surface area contributed by atoms with Gasteiger partial charge in [0.1, 0.15) is 29.5 Å². The zero-order valence-corrected chi connectivity index (χ0v) is 21.2. The van der Waals surface area contributed by atoms with Gasteiger partial charge in [-0.05, 0) is 44.2 Å². The van der Waals surface area contributed by atoms with Gasteiger partial charge in [-0.2, -0.15) is 5.10 Å². The van der Waals surface area contributed by atoms with Crippen LogP contribution in [0.15, 0.2) is 60.7 Å². The molecule has 8 nitrogen and oxygen atoms in total. The van der Waals surface area contributed by atoms with Gasteiger partial charge in [0.05, 0.1) is 24.5 Å². The van der Waals surface area contributed by atoms with Crippen LogP contribution in [0.3, 0.4) is 0 Å². The summed E-state index contributed by atoms with van der Waals surface area (Å²) in [6.07, 6.45) is 0. The molecule has 0 radical (unpaired) electrons. The molecule has 1 N–H and O–H groups in total. The molecule has 0 saturated heterocycles. The summed E-state index contributed by atoms with van der Waals surface area (Å²) in [5.41, 5.74) is 3.51. The Morgan fingerprint density at radius 3 is 2.61 bits per heavy atom. The first-order valence-corrected chi connectivity index (χ1v) is 12.1. The first kappa shape index (κ1) is 25.0. The molecular weight excluding hydrogens is 489 g/mol. The van der Waals surface area contributed by atoms with E-state index >= 15 is 0 Å². The average Bonchev–Trinajstić information content (AvgIpc) is 3.26. The molecule has 0 spiro atoms. The molecular formula is C29H26FN3O5. The van der Waals surface area contributed by atoms with Crippen LogP contribution in [-0.4, -0.2) is 33.4 Å². The van der Waals surface area contributed by atoms with Crippen molar-refractivity contribution in [3.63, 3.8) is 0 Å². The summed E-state index contributed by atoms with van der Waals surface area (Å²) in [6, 6.07) is 16.7. The molecule has 194 valence electrons. The normalized spacial score (nSPS) is 11.8. The first-order chi connectivity index (χ1) is 18.3. The lowest BCUT2D eigenvalue weighted by atomic mass is 10.0. The molecule has 0 fully saturated rings. The number of anilines is 1. The number of para-hydroxylation sites is 1. The van der Waals surface area contributed by atoms with Gasteiger partial charge in [-0.15, -0.1) is 0 Å². The SMILES string of the molecule is CCOc1c(C(=O)O)ccc(N(Cc2ccccc2F)C(=O)c2nn(C)c3c2COc2ccccc2-3)c1C. The minimum absolute atomic E-state index is 0.0217. The summed E-state index contributed by atoms with van der Waals surface area (Å²) in [4.78, 5) is 27.5. The molecule has 1 amide bonds. The number of halogens is 1. The highest BCUT2D eigenvalue weighted by Crippen LogP contribution is 2.40. The van der Waals surface area contributed by atoms with Crippen molar-refractivity contribution in [2.75, 3.05) is 11.5 Å². The Balaban J connectivity index is 1.66. The fourth-order valence-corrected chi connectivity index (χ4v) is 4.81. The summed E-state index contributed by atoms with van der Waals surface area (Å²) in [5.74, 6) is -1.22. The van der Waals surface area contributed by atoms with Gasteiger partial charge >= 0.3 is 5.97 Å². The first-order valence-electron chi connectivity index (χ1n) is 12.1. The van der Waals surface area contributed by atoms with Crippen LogP contribution in [0.2, 0.25) is 0 Å². The molecule has 1 aliphatic rings. The second-order valence-corrected chi connectivity index (χ2v) is 8.89. The van der Waals surface area contributed by atoms with Crippen LogP contribution in [-0.2, 0) is 20.2 Å². The van der Waals surface area contributed by atoms with E-state index in [0.717, 1.165) is 11.3 Å². The molecule has 1 aromatic heterocycles. The molecule has 0 aliphatic carbocycles. The summed E-state index contributed by atoms with van der Waals surface area (Å²) >= 11 is 0. The van der Waals surface area contributed by atoms with Crippen molar-refractivity contribution in [1.29, 1.82) is 0 Å². The number of amides is 1. The molecule has 1 aliphatic heterocycles. The molecule has 9 heteroatoms. The third-order valence-corrected chi connectivity index (χ3v) is 6.58. The number of aromatic nitrogens is 2. The lowest BCUT2D eigenvalue weighted by Crippen LogP contribution is -2.33. The van der Waals surface area contributed by atoms with Gasteiger partial charge in [0, 0.05) is 29.3 Å². The van der Waals surface area contributed by atoms with E-state index in [0.29, 0.717) is 28.1 Å². The fourth-order valence-electron chi connectivity index (χ4n) is 4.81.